The van der Waals surface area contributed by atoms with Crippen LogP contribution in [0.15, 0.2) is 67.0 Å². The van der Waals surface area contributed by atoms with Crippen molar-refractivity contribution in [2.45, 2.75) is 12.1 Å². The summed E-state index contributed by atoms with van der Waals surface area (Å²) in [4.78, 5) is 6.78. The van der Waals surface area contributed by atoms with E-state index in [0.717, 1.165) is 22.8 Å². The predicted molar refractivity (Wildman–Crippen MR) is 116 cm³/mol. The van der Waals surface area contributed by atoms with Crippen molar-refractivity contribution in [3.05, 3.63) is 78.4 Å². The number of pyridine rings is 1. The van der Waals surface area contributed by atoms with Gasteiger partial charge in [0.15, 0.2) is 5.11 Å². The quantitative estimate of drug-likeness (QED) is 0.604. The smallest absolute Gasteiger partial charge is 0.170 e. The summed E-state index contributed by atoms with van der Waals surface area (Å²) in [5.41, 5.74) is 3.16. The topological polar surface area (TPSA) is 51.5 Å². The summed E-state index contributed by atoms with van der Waals surface area (Å²) in [5.74, 6) is 0.833. The maximum atomic E-state index is 5.68. The molecule has 1 aliphatic heterocycles. The zero-order valence-corrected chi connectivity index (χ0v) is 17.3. The minimum absolute atomic E-state index is 0.00958. The standard InChI is InChI=1S/C22H24N4O2S/c1-27-15-14-26-21(20(24-22(26)29)18-6-3-4-12-23-18)19-7-5-13-25(19)16-8-10-17(28-2)11-9-16/h3-13,20-21H,14-15H2,1-2H3,(H,24,29)/t20-,21-/m0/s1. The number of hydrogen-bond acceptors (Lipinski definition) is 4. The highest BCUT2D eigenvalue weighted by atomic mass is 32.1. The minimum atomic E-state index is -0.0487. The Kier molecular flexibility index (Phi) is 5.78. The molecule has 2 atom stereocenters. The third-order valence-corrected chi connectivity index (χ3v) is 5.52. The molecule has 1 aliphatic rings. The van der Waals surface area contributed by atoms with Crippen molar-refractivity contribution in [2.75, 3.05) is 27.4 Å². The van der Waals surface area contributed by atoms with Crippen LogP contribution in [0.1, 0.15) is 23.5 Å². The first-order valence-corrected chi connectivity index (χ1v) is 9.92. The van der Waals surface area contributed by atoms with Crippen molar-refractivity contribution in [1.29, 1.82) is 0 Å². The highest BCUT2D eigenvalue weighted by Crippen LogP contribution is 2.39. The second-order valence-corrected chi connectivity index (χ2v) is 7.20. The molecule has 0 radical (unpaired) electrons. The van der Waals surface area contributed by atoms with Gasteiger partial charge in [-0.2, -0.15) is 0 Å². The number of aromatic nitrogens is 2. The second-order valence-electron chi connectivity index (χ2n) is 6.81. The average molecular weight is 409 g/mol. The summed E-state index contributed by atoms with van der Waals surface area (Å²) in [5, 5.41) is 4.18. The monoisotopic (exact) mass is 408 g/mol. The summed E-state index contributed by atoms with van der Waals surface area (Å²) in [6.07, 6.45) is 3.89. The molecule has 1 saturated heterocycles. The molecule has 29 heavy (non-hydrogen) atoms. The molecule has 3 heterocycles. The van der Waals surface area contributed by atoms with Crippen molar-refractivity contribution in [3.63, 3.8) is 0 Å². The van der Waals surface area contributed by atoms with E-state index in [1.807, 2.05) is 36.5 Å². The molecule has 0 aliphatic carbocycles. The van der Waals surface area contributed by atoms with E-state index in [4.69, 9.17) is 21.7 Å². The molecule has 3 aromatic rings. The number of methoxy groups -OCH3 is 2. The van der Waals surface area contributed by atoms with Gasteiger partial charge in [0.2, 0.25) is 0 Å². The Balaban J connectivity index is 1.76. The fraction of sp³-hybridized carbons (Fsp3) is 0.273. The van der Waals surface area contributed by atoms with Crippen LogP contribution in [0.3, 0.4) is 0 Å². The Labute approximate surface area is 176 Å². The van der Waals surface area contributed by atoms with Crippen molar-refractivity contribution in [3.8, 4) is 11.4 Å². The molecule has 1 N–H and O–H groups in total. The molecular formula is C22H24N4O2S. The van der Waals surface area contributed by atoms with Gasteiger partial charge < -0.3 is 24.3 Å². The van der Waals surface area contributed by atoms with Gasteiger partial charge in [0.1, 0.15) is 5.75 Å². The molecule has 0 amide bonds. The highest BCUT2D eigenvalue weighted by Gasteiger charge is 2.40. The van der Waals surface area contributed by atoms with E-state index in [2.05, 4.69) is 50.2 Å². The van der Waals surface area contributed by atoms with Crippen LogP contribution >= 0.6 is 12.2 Å². The van der Waals surface area contributed by atoms with Gasteiger partial charge in [0, 0.05) is 37.4 Å². The summed E-state index contributed by atoms with van der Waals surface area (Å²) in [7, 11) is 3.38. The Morgan fingerprint density at radius 2 is 1.90 bits per heavy atom. The van der Waals surface area contributed by atoms with Crippen LogP contribution in [-0.2, 0) is 4.74 Å². The number of ether oxygens (including phenoxy) is 2. The molecule has 0 spiro atoms. The lowest BCUT2D eigenvalue weighted by atomic mass is 10.0. The van der Waals surface area contributed by atoms with E-state index in [1.54, 1.807) is 14.2 Å². The summed E-state index contributed by atoms with van der Waals surface area (Å²) < 4.78 is 12.8. The van der Waals surface area contributed by atoms with E-state index in [1.165, 1.54) is 0 Å². The molecule has 0 saturated carbocycles. The number of nitrogens with one attached hydrogen (secondary N) is 1. The van der Waals surface area contributed by atoms with Gasteiger partial charge in [-0.3, -0.25) is 4.98 Å². The van der Waals surface area contributed by atoms with E-state index >= 15 is 0 Å². The molecule has 0 unspecified atom stereocenters. The molecular weight excluding hydrogens is 384 g/mol. The zero-order chi connectivity index (χ0) is 20.2. The number of thiocarbonyl (C=S) groups is 1. The normalized spacial score (nSPS) is 18.7. The fourth-order valence-corrected chi connectivity index (χ4v) is 4.10. The van der Waals surface area contributed by atoms with Gasteiger partial charge in [0.05, 0.1) is 31.5 Å². The van der Waals surface area contributed by atoms with Crippen LogP contribution in [0.5, 0.6) is 5.75 Å². The van der Waals surface area contributed by atoms with Crippen LogP contribution in [0.2, 0.25) is 0 Å². The van der Waals surface area contributed by atoms with Gasteiger partial charge in [-0.25, -0.2) is 0 Å². The molecule has 4 rings (SSSR count). The van der Waals surface area contributed by atoms with Crippen LogP contribution in [0.4, 0.5) is 0 Å². The Morgan fingerprint density at radius 3 is 2.59 bits per heavy atom. The number of benzene rings is 1. The van der Waals surface area contributed by atoms with Crippen LogP contribution in [-0.4, -0.2) is 46.9 Å². The van der Waals surface area contributed by atoms with Gasteiger partial charge in [0.25, 0.3) is 0 Å². The van der Waals surface area contributed by atoms with E-state index in [9.17, 15) is 0 Å². The lowest BCUT2D eigenvalue weighted by Crippen LogP contribution is -2.33. The number of rotatable bonds is 7. The van der Waals surface area contributed by atoms with Crippen molar-refractivity contribution < 1.29 is 9.47 Å². The summed E-state index contributed by atoms with van der Waals surface area (Å²) in [6.45, 7) is 1.29. The Morgan fingerprint density at radius 1 is 1.07 bits per heavy atom. The third-order valence-electron chi connectivity index (χ3n) is 5.17. The first-order chi connectivity index (χ1) is 14.2. The van der Waals surface area contributed by atoms with Gasteiger partial charge in [-0.1, -0.05) is 6.07 Å². The molecule has 2 aromatic heterocycles. The molecule has 7 heteroatoms. The number of hydrogen-bond donors (Lipinski definition) is 1. The van der Waals surface area contributed by atoms with Gasteiger partial charge in [-0.05, 0) is 60.7 Å². The van der Waals surface area contributed by atoms with Crippen molar-refractivity contribution in [2.24, 2.45) is 0 Å². The lowest BCUT2D eigenvalue weighted by Gasteiger charge is -2.28. The largest absolute Gasteiger partial charge is 0.497 e. The molecule has 1 fully saturated rings. The predicted octanol–water partition coefficient (Wildman–Crippen LogP) is 3.50. The first-order valence-electron chi connectivity index (χ1n) is 9.51. The van der Waals surface area contributed by atoms with Gasteiger partial charge >= 0.3 is 0 Å². The molecule has 0 bridgehead atoms. The van der Waals surface area contributed by atoms with E-state index in [0.29, 0.717) is 18.3 Å². The average Bonchev–Trinajstić information content (AvgIpc) is 3.37. The Bertz CT molecular complexity index is 958. The SMILES string of the molecule is COCCN1C(=S)N[C@@H](c2ccccn2)[C@@H]1c1cccn1-c1ccc(OC)cc1. The Hall–Kier alpha value is -2.90. The van der Waals surface area contributed by atoms with Crippen molar-refractivity contribution >= 4 is 17.3 Å². The first kappa shape index (κ1) is 19.4. The third kappa shape index (κ3) is 3.83. The second kappa shape index (κ2) is 8.63. The number of nitrogens with zero attached hydrogens (tertiary/aromatic N) is 3. The van der Waals surface area contributed by atoms with Gasteiger partial charge in [-0.15, -0.1) is 0 Å². The summed E-state index contributed by atoms with van der Waals surface area (Å²) >= 11 is 5.68. The van der Waals surface area contributed by atoms with Crippen LogP contribution in [0.25, 0.3) is 5.69 Å². The van der Waals surface area contributed by atoms with Crippen molar-refractivity contribution in [1.82, 2.24) is 19.8 Å². The molecule has 6 nitrogen and oxygen atoms in total. The van der Waals surface area contributed by atoms with Crippen LogP contribution in [0, 0.1) is 0 Å². The fourth-order valence-electron chi connectivity index (χ4n) is 3.77. The highest BCUT2D eigenvalue weighted by molar-refractivity contribution is 7.80. The zero-order valence-electron chi connectivity index (χ0n) is 16.5. The minimum Gasteiger partial charge on any atom is -0.497 e. The van der Waals surface area contributed by atoms with E-state index in [-0.39, 0.29) is 12.1 Å². The molecule has 1 aromatic carbocycles. The molecule has 150 valence electrons. The lowest BCUT2D eigenvalue weighted by molar-refractivity contribution is 0.163. The van der Waals surface area contributed by atoms with Crippen LogP contribution < -0.4 is 10.1 Å². The summed E-state index contributed by atoms with van der Waals surface area (Å²) in [6, 6.07) is 18.1. The maximum Gasteiger partial charge on any atom is 0.170 e. The van der Waals surface area contributed by atoms with E-state index < -0.39 is 0 Å². The maximum absolute atomic E-state index is 5.68.